The van der Waals surface area contributed by atoms with E-state index in [2.05, 4.69) is 10.0 Å². The highest BCUT2D eigenvalue weighted by Crippen LogP contribution is 2.13. The Bertz CT molecular complexity index is 456. The van der Waals surface area contributed by atoms with Crippen molar-refractivity contribution in [1.82, 2.24) is 10.0 Å². The summed E-state index contributed by atoms with van der Waals surface area (Å²) < 4.78 is 36.7. The second-order valence-corrected chi connectivity index (χ2v) is 5.65. The lowest BCUT2D eigenvalue weighted by Gasteiger charge is -2.04. The Morgan fingerprint density at radius 2 is 2.11 bits per heavy atom. The first-order valence-electron chi connectivity index (χ1n) is 6.47. The minimum absolute atomic E-state index is 0.0446. The molecule has 0 bridgehead atoms. The van der Waals surface area contributed by atoms with Crippen LogP contribution < -0.4 is 10.0 Å². The monoisotopic (exact) mass is 290 g/mol. The maximum absolute atomic E-state index is 11.9. The van der Waals surface area contributed by atoms with Gasteiger partial charge in [0.15, 0.2) is 0 Å². The maximum Gasteiger partial charge on any atom is 0.273 e. The first kappa shape index (κ1) is 16.2. The summed E-state index contributed by atoms with van der Waals surface area (Å²) in [6, 6.07) is 3.13. The Morgan fingerprint density at radius 1 is 1.32 bits per heavy atom. The van der Waals surface area contributed by atoms with Gasteiger partial charge >= 0.3 is 0 Å². The third-order valence-electron chi connectivity index (χ3n) is 2.41. The van der Waals surface area contributed by atoms with E-state index in [0.717, 1.165) is 6.54 Å². The molecule has 1 aromatic heterocycles. The van der Waals surface area contributed by atoms with Crippen molar-refractivity contribution < 1.29 is 17.6 Å². The number of nitrogens with one attached hydrogen (secondary N) is 2. The molecule has 0 fully saturated rings. The van der Waals surface area contributed by atoms with Crippen molar-refractivity contribution >= 4 is 10.0 Å². The molecular weight excluding hydrogens is 268 g/mol. The average molecular weight is 290 g/mol. The van der Waals surface area contributed by atoms with Crippen molar-refractivity contribution in [2.24, 2.45) is 0 Å². The van der Waals surface area contributed by atoms with Crippen LogP contribution >= 0.6 is 0 Å². The van der Waals surface area contributed by atoms with Gasteiger partial charge in [-0.25, -0.2) is 13.1 Å². The molecule has 0 spiro atoms. The number of hydrogen-bond acceptors (Lipinski definition) is 5. The zero-order valence-electron chi connectivity index (χ0n) is 11.4. The van der Waals surface area contributed by atoms with Crippen LogP contribution in [0.1, 0.15) is 26.0 Å². The fraction of sp³-hybridized carbons (Fsp3) is 0.667. The van der Waals surface area contributed by atoms with E-state index in [-0.39, 0.29) is 5.09 Å². The number of rotatable bonds is 10. The number of ether oxygens (including phenoxy) is 1. The Balaban J connectivity index is 2.45. The van der Waals surface area contributed by atoms with Crippen LogP contribution in [0.3, 0.4) is 0 Å². The maximum atomic E-state index is 11.9. The summed E-state index contributed by atoms with van der Waals surface area (Å²) in [5, 5.41) is 3.03. The van der Waals surface area contributed by atoms with Crippen molar-refractivity contribution in [1.29, 1.82) is 0 Å². The fourth-order valence-electron chi connectivity index (χ4n) is 1.44. The molecule has 1 heterocycles. The van der Waals surface area contributed by atoms with Gasteiger partial charge in [-0.15, -0.1) is 0 Å². The van der Waals surface area contributed by atoms with Gasteiger partial charge in [0, 0.05) is 19.8 Å². The normalized spacial score (nSPS) is 11.9. The molecule has 0 atom stereocenters. The Morgan fingerprint density at radius 3 is 2.79 bits per heavy atom. The molecule has 0 aliphatic carbocycles. The second kappa shape index (κ2) is 8.31. The second-order valence-electron chi connectivity index (χ2n) is 3.95. The van der Waals surface area contributed by atoms with Gasteiger partial charge in [-0.3, -0.25) is 0 Å². The van der Waals surface area contributed by atoms with Gasteiger partial charge in [0.2, 0.25) is 5.09 Å². The number of furan rings is 1. The Kier molecular flexibility index (Phi) is 7.07. The molecule has 0 amide bonds. The predicted octanol–water partition coefficient (Wildman–Crippen LogP) is 1.09. The van der Waals surface area contributed by atoms with Gasteiger partial charge in [-0.2, -0.15) is 0 Å². The molecule has 1 aromatic rings. The Hall–Kier alpha value is -0.890. The largest absolute Gasteiger partial charge is 0.447 e. The van der Waals surface area contributed by atoms with Crippen molar-refractivity contribution in [3.8, 4) is 0 Å². The topological polar surface area (TPSA) is 80.6 Å². The molecule has 0 aliphatic rings. The smallest absolute Gasteiger partial charge is 0.273 e. The summed E-state index contributed by atoms with van der Waals surface area (Å²) in [7, 11) is -3.55. The van der Waals surface area contributed by atoms with Crippen LogP contribution in [0, 0.1) is 0 Å². The molecule has 6 nitrogen and oxygen atoms in total. The third-order valence-corrected chi connectivity index (χ3v) is 3.75. The zero-order valence-corrected chi connectivity index (χ0v) is 12.3. The highest BCUT2D eigenvalue weighted by Gasteiger charge is 2.17. The summed E-state index contributed by atoms with van der Waals surface area (Å²) in [6.07, 6.45) is 0.637. The molecule has 1 rings (SSSR count). The number of sulfonamides is 1. The third kappa shape index (κ3) is 5.73. The van der Waals surface area contributed by atoms with E-state index >= 15 is 0 Å². The van der Waals surface area contributed by atoms with Crippen molar-refractivity contribution in [2.45, 2.75) is 31.9 Å². The van der Waals surface area contributed by atoms with Crippen LogP contribution in [-0.2, 0) is 21.3 Å². The van der Waals surface area contributed by atoms with Gasteiger partial charge < -0.3 is 14.5 Å². The Labute approximate surface area is 114 Å². The molecule has 7 heteroatoms. The van der Waals surface area contributed by atoms with Gasteiger partial charge in [-0.05, 0) is 32.0 Å². The van der Waals surface area contributed by atoms with Crippen LogP contribution in [0.4, 0.5) is 0 Å². The van der Waals surface area contributed by atoms with E-state index in [0.29, 0.717) is 38.5 Å². The lowest BCUT2D eigenvalue weighted by Crippen LogP contribution is -2.25. The van der Waals surface area contributed by atoms with Crippen LogP contribution in [0.5, 0.6) is 0 Å². The van der Waals surface area contributed by atoms with Crippen molar-refractivity contribution in [2.75, 3.05) is 26.3 Å². The van der Waals surface area contributed by atoms with E-state index in [1.54, 1.807) is 6.07 Å². The van der Waals surface area contributed by atoms with Crippen LogP contribution in [0.25, 0.3) is 0 Å². The van der Waals surface area contributed by atoms with Gasteiger partial charge in [0.1, 0.15) is 5.76 Å². The molecule has 0 aromatic carbocycles. The van der Waals surface area contributed by atoms with E-state index in [1.165, 1.54) is 6.07 Å². The standard InChI is InChI=1S/C12H22N2O4S/c1-3-13-10-11-6-7-12(18-11)19(15,16)14-8-5-9-17-4-2/h6-7,13-14H,3-5,8-10H2,1-2H3. The first-order valence-corrected chi connectivity index (χ1v) is 7.95. The summed E-state index contributed by atoms with van der Waals surface area (Å²) in [6.45, 7) is 6.72. The summed E-state index contributed by atoms with van der Waals surface area (Å²) in [5.74, 6) is 0.608. The highest BCUT2D eigenvalue weighted by molar-refractivity contribution is 7.89. The lowest BCUT2D eigenvalue weighted by molar-refractivity contribution is 0.146. The molecule has 0 unspecified atom stereocenters. The van der Waals surface area contributed by atoms with Crippen molar-refractivity contribution in [3.05, 3.63) is 17.9 Å². The molecule has 2 N–H and O–H groups in total. The van der Waals surface area contributed by atoms with Gasteiger partial charge in [-0.1, -0.05) is 6.92 Å². The summed E-state index contributed by atoms with van der Waals surface area (Å²) in [5.41, 5.74) is 0. The van der Waals surface area contributed by atoms with Crippen molar-refractivity contribution in [3.63, 3.8) is 0 Å². The minimum atomic E-state index is -3.55. The molecule has 0 saturated heterocycles. The van der Waals surface area contributed by atoms with E-state index < -0.39 is 10.0 Å². The molecule has 19 heavy (non-hydrogen) atoms. The highest BCUT2D eigenvalue weighted by atomic mass is 32.2. The average Bonchev–Trinajstić information content (AvgIpc) is 2.85. The molecular formula is C12H22N2O4S. The summed E-state index contributed by atoms with van der Waals surface area (Å²) in [4.78, 5) is 0. The summed E-state index contributed by atoms with van der Waals surface area (Å²) >= 11 is 0. The predicted molar refractivity (Wildman–Crippen MR) is 72.4 cm³/mol. The number of hydrogen-bond donors (Lipinski definition) is 2. The van der Waals surface area contributed by atoms with Crippen LogP contribution in [-0.4, -0.2) is 34.7 Å². The van der Waals surface area contributed by atoms with E-state index in [4.69, 9.17) is 9.15 Å². The van der Waals surface area contributed by atoms with E-state index in [1.807, 2.05) is 13.8 Å². The first-order chi connectivity index (χ1) is 9.10. The van der Waals surface area contributed by atoms with Crippen LogP contribution in [0.2, 0.25) is 0 Å². The van der Waals surface area contributed by atoms with Gasteiger partial charge in [0.05, 0.1) is 6.54 Å². The quantitative estimate of drug-likeness (QED) is 0.631. The molecule has 0 aliphatic heterocycles. The minimum Gasteiger partial charge on any atom is -0.447 e. The van der Waals surface area contributed by atoms with Crippen LogP contribution in [0.15, 0.2) is 21.6 Å². The molecule has 0 saturated carbocycles. The SMILES string of the molecule is CCNCc1ccc(S(=O)(=O)NCCCOCC)o1. The van der Waals surface area contributed by atoms with E-state index in [9.17, 15) is 8.42 Å². The lowest BCUT2D eigenvalue weighted by atomic mass is 10.4. The molecule has 110 valence electrons. The fourth-order valence-corrected chi connectivity index (χ4v) is 2.46. The zero-order chi connectivity index (χ0) is 14.1. The van der Waals surface area contributed by atoms with Gasteiger partial charge in [0.25, 0.3) is 10.0 Å². The molecule has 0 radical (unpaired) electrons.